The monoisotopic (exact) mass is 265 g/mol. The van der Waals surface area contributed by atoms with Crippen molar-refractivity contribution in [3.63, 3.8) is 0 Å². The number of imidazole rings is 1. The Bertz CT molecular complexity index is 784. The maximum absolute atomic E-state index is 6.03. The van der Waals surface area contributed by atoms with E-state index in [0.29, 0.717) is 0 Å². The summed E-state index contributed by atoms with van der Waals surface area (Å²) in [7, 11) is 0. The number of aryl methyl sites for hydroxylation is 2. The average molecular weight is 265 g/mol. The molecule has 1 aromatic heterocycles. The van der Waals surface area contributed by atoms with Crippen LogP contribution in [0.1, 0.15) is 18.1 Å². The fourth-order valence-electron chi connectivity index (χ4n) is 2.66. The normalized spacial score (nSPS) is 11.2. The quantitative estimate of drug-likeness (QED) is 0.714. The van der Waals surface area contributed by atoms with Gasteiger partial charge in [0, 0.05) is 17.8 Å². The average Bonchev–Trinajstić information content (AvgIpc) is 2.79. The molecule has 3 rings (SSSR count). The molecule has 3 aromatic rings. The molecule has 20 heavy (non-hydrogen) atoms. The lowest BCUT2D eigenvalue weighted by Crippen LogP contribution is -2.00. The molecule has 0 atom stereocenters. The number of benzene rings is 2. The first kappa shape index (κ1) is 12.7. The number of fused-ring (bicyclic) bond motifs is 1. The van der Waals surface area contributed by atoms with Crippen molar-refractivity contribution in [1.29, 1.82) is 0 Å². The van der Waals surface area contributed by atoms with E-state index in [-0.39, 0.29) is 0 Å². The molecule has 0 unspecified atom stereocenters. The Kier molecular flexibility index (Phi) is 2.97. The Balaban J connectivity index is 2.33. The fraction of sp³-hybridized carbons (Fsp3) is 0.235. The number of rotatable bonds is 2. The number of hydrogen-bond donors (Lipinski definition) is 1. The highest BCUT2D eigenvalue weighted by Gasteiger charge is 2.14. The van der Waals surface area contributed by atoms with Crippen molar-refractivity contribution >= 4 is 16.7 Å². The zero-order valence-electron chi connectivity index (χ0n) is 12.1. The van der Waals surface area contributed by atoms with Gasteiger partial charge in [0.15, 0.2) is 0 Å². The molecular formula is C17H19N3. The lowest BCUT2D eigenvalue weighted by Gasteiger charge is -2.10. The summed E-state index contributed by atoms with van der Waals surface area (Å²) in [5, 5.41) is 0. The van der Waals surface area contributed by atoms with Gasteiger partial charge in [0.25, 0.3) is 0 Å². The summed E-state index contributed by atoms with van der Waals surface area (Å²) in [6.07, 6.45) is 0. The first-order valence-electron chi connectivity index (χ1n) is 6.94. The minimum Gasteiger partial charge on any atom is -0.398 e. The Morgan fingerprint density at radius 1 is 1.15 bits per heavy atom. The molecule has 1 heterocycles. The standard InChI is InChI=1S/C17H19N3/c1-4-20-16-9-8-11(2)10-15(16)19-17(20)13-6-5-7-14(18)12(13)3/h5-10H,4,18H2,1-3H3. The van der Waals surface area contributed by atoms with Gasteiger partial charge in [-0.15, -0.1) is 0 Å². The van der Waals surface area contributed by atoms with Crippen LogP contribution in [-0.4, -0.2) is 9.55 Å². The van der Waals surface area contributed by atoms with Crippen LogP contribution in [0.4, 0.5) is 5.69 Å². The van der Waals surface area contributed by atoms with Crippen LogP contribution in [0.2, 0.25) is 0 Å². The van der Waals surface area contributed by atoms with Gasteiger partial charge in [0.1, 0.15) is 5.82 Å². The van der Waals surface area contributed by atoms with Crippen molar-refractivity contribution in [2.75, 3.05) is 5.73 Å². The fourth-order valence-corrected chi connectivity index (χ4v) is 2.66. The van der Waals surface area contributed by atoms with E-state index in [1.165, 1.54) is 11.1 Å². The van der Waals surface area contributed by atoms with Gasteiger partial charge in [-0.1, -0.05) is 18.2 Å². The molecule has 2 aromatic carbocycles. The molecule has 0 fully saturated rings. The molecular weight excluding hydrogens is 246 g/mol. The summed E-state index contributed by atoms with van der Waals surface area (Å²) in [5.41, 5.74) is 12.5. The van der Waals surface area contributed by atoms with Gasteiger partial charge in [-0.25, -0.2) is 4.98 Å². The second kappa shape index (κ2) is 4.67. The lowest BCUT2D eigenvalue weighted by atomic mass is 10.1. The third kappa shape index (κ3) is 1.86. The van der Waals surface area contributed by atoms with Crippen molar-refractivity contribution in [2.24, 2.45) is 0 Å². The molecule has 0 bridgehead atoms. The van der Waals surface area contributed by atoms with E-state index in [4.69, 9.17) is 10.7 Å². The summed E-state index contributed by atoms with van der Waals surface area (Å²) in [6.45, 7) is 7.18. The number of anilines is 1. The predicted molar refractivity (Wildman–Crippen MR) is 84.7 cm³/mol. The molecule has 3 nitrogen and oxygen atoms in total. The molecule has 102 valence electrons. The molecule has 0 aliphatic carbocycles. The highest BCUT2D eigenvalue weighted by Crippen LogP contribution is 2.29. The summed E-state index contributed by atoms with van der Waals surface area (Å²) < 4.78 is 2.25. The summed E-state index contributed by atoms with van der Waals surface area (Å²) >= 11 is 0. The number of hydrogen-bond acceptors (Lipinski definition) is 2. The molecule has 2 N–H and O–H groups in total. The number of nitrogens with zero attached hydrogens (tertiary/aromatic N) is 2. The first-order chi connectivity index (χ1) is 9.61. The van der Waals surface area contributed by atoms with Crippen LogP contribution < -0.4 is 5.73 Å². The van der Waals surface area contributed by atoms with Crippen molar-refractivity contribution in [3.8, 4) is 11.4 Å². The van der Waals surface area contributed by atoms with Gasteiger partial charge in [-0.2, -0.15) is 0 Å². The number of nitrogens with two attached hydrogens (primary N) is 1. The zero-order valence-corrected chi connectivity index (χ0v) is 12.1. The third-order valence-corrected chi connectivity index (χ3v) is 3.84. The van der Waals surface area contributed by atoms with Crippen LogP contribution in [0, 0.1) is 13.8 Å². The number of nitrogen functional groups attached to an aromatic ring is 1. The van der Waals surface area contributed by atoms with Crippen molar-refractivity contribution in [1.82, 2.24) is 9.55 Å². The molecule has 0 aliphatic rings. The molecule has 0 radical (unpaired) electrons. The summed E-state index contributed by atoms with van der Waals surface area (Å²) in [4.78, 5) is 4.82. The van der Waals surface area contributed by atoms with E-state index in [1.807, 2.05) is 12.1 Å². The van der Waals surface area contributed by atoms with E-state index >= 15 is 0 Å². The minimum atomic E-state index is 0.813. The predicted octanol–water partition coefficient (Wildman–Crippen LogP) is 3.92. The Hall–Kier alpha value is -2.29. The van der Waals surface area contributed by atoms with Gasteiger partial charge < -0.3 is 10.3 Å². The topological polar surface area (TPSA) is 43.8 Å². The summed E-state index contributed by atoms with van der Waals surface area (Å²) in [6, 6.07) is 12.4. The minimum absolute atomic E-state index is 0.813. The van der Waals surface area contributed by atoms with Crippen LogP contribution in [0.15, 0.2) is 36.4 Å². The van der Waals surface area contributed by atoms with Crippen LogP contribution in [-0.2, 0) is 6.54 Å². The first-order valence-corrected chi connectivity index (χ1v) is 6.94. The Labute approximate surface area is 119 Å². The molecule has 0 spiro atoms. The largest absolute Gasteiger partial charge is 0.398 e. The van der Waals surface area contributed by atoms with E-state index in [0.717, 1.165) is 34.7 Å². The maximum atomic E-state index is 6.03. The van der Waals surface area contributed by atoms with Crippen molar-refractivity contribution < 1.29 is 0 Å². The van der Waals surface area contributed by atoms with Crippen LogP contribution >= 0.6 is 0 Å². The van der Waals surface area contributed by atoms with E-state index < -0.39 is 0 Å². The van der Waals surface area contributed by atoms with Crippen molar-refractivity contribution in [3.05, 3.63) is 47.5 Å². The van der Waals surface area contributed by atoms with Crippen LogP contribution in [0.25, 0.3) is 22.4 Å². The Morgan fingerprint density at radius 3 is 2.70 bits per heavy atom. The molecule has 0 saturated heterocycles. The SMILES string of the molecule is CCn1c(-c2cccc(N)c2C)nc2cc(C)ccc21. The van der Waals surface area contributed by atoms with Crippen LogP contribution in [0.3, 0.4) is 0 Å². The lowest BCUT2D eigenvalue weighted by molar-refractivity contribution is 0.796. The number of aromatic nitrogens is 2. The summed E-state index contributed by atoms with van der Waals surface area (Å²) in [5.74, 6) is 0.998. The highest BCUT2D eigenvalue weighted by atomic mass is 15.1. The molecule has 0 saturated carbocycles. The van der Waals surface area contributed by atoms with E-state index in [2.05, 4.69) is 49.6 Å². The van der Waals surface area contributed by atoms with E-state index in [1.54, 1.807) is 0 Å². The van der Waals surface area contributed by atoms with Gasteiger partial charge >= 0.3 is 0 Å². The van der Waals surface area contributed by atoms with Crippen molar-refractivity contribution in [2.45, 2.75) is 27.3 Å². The molecule has 0 aliphatic heterocycles. The Morgan fingerprint density at radius 2 is 1.95 bits per heavy atom. The van der Waals surface area contributed by atoms with Gasteiger partial charge in [-0.05, 0) is 50.1 Å². The molecule has 0 amide bonds. The van der Waals surface area contributed by atoms with E-state index in [9.17, 15) is 0 Å². The third-order valence-electron chi connectivity index (χ3n) is 3.84. The van der Waals surface area contributed by atoms with Gasteiger partial charge in [-0.3, -0.25) is 0 Å². The van der Waals surface area contributed by atoms with Gasteiger partial charge in [0.2, 0.25) is 0 Å². The zero-order chi connectivity index (χ0) is 14.3. The maximum Gasteiger partial charge on any atom is 0.141 e. The second-order valence-electron chi connectivity index (χ2n) is 5.19. The highest BCUT2D eigenvalue weighted by molar-refractivity contribution is 5.82. The second-order valence-corrected chi connectivity index (χ2v) is 5.19. The van der Waals surface area contributed by atoms with Gasteiger partial charge in [0.05, 0.1) is 11.0 Å². The van der Waals surface area contributed by atoms with Crippen LogP contribution in [0.5, 0.6) is 0 Å². The molecule has 3 heteroatoms. The smallest absolute Gasteiger partial charge is 0.141 e.